The van der Waals surface area contributed by atoms with Crippen molar-refractivity contribution >= 4 is 11.8 Å². The minimum absolute atomic E-state index is 0.00730. The number of hydrogen-bond donors (Lipinski definition) is 2. The van der Waals surface area contributed by atoms with Crippen molar-refractivity contribution in [3.05, 3.63) is 70.5 Å². The molecule has 0 aliphatic carbocycles. The average Bonchev–Trinajstić information content (AvgIpc) is 2.99. The SMILES string of the molecule is Cc1c(O)n(-c2ccc(SC(F)(F)F)cc2)c(=O)n1C(c1ccncc1)C1CCCNC1. The van der Waals surface area contributed by atoms with Crippen LogP contribution < -0.4 is 11.0 Å². The summed E-state index contributed by atoms with van der Waals surface area (Å²) in [5.74, 6) is -0.0996. The number of rotatable bonds is 5. The lowest BCUT2D eigenvalue weighted by molar-refractivity contribution is -0.0328. The second-order valence-corrected chi connectivity index (χ2v) is 8.91. The van der Waals surface area contributed by atoms with Crippen LogP contribution in [-0.2, 0) is 0 Å². The van der Waals surface area contributed by atoms with Crippen molar-refractivity contribution in [2.75, 3.05) is 13.1 Å². The number of aromatic hydroxyl groups is 1. The molecule has 32 heavy (non-hydrogen) atoms. The van der Waals surface area contributed by atoms with Gasteiger partial charge in [0, 0.05) is 23.8 Å². The van der Waals surface area contributed by atoms with Gasteiger partial charge in [0.2, 0.25) is 5.88 Å². The smallest absolute Gasteiger partial charge is 0.446 e. The van der Waals surface area contributed by atoms with Gasteiger partial charge in [0.15, 0.2) is 0 Å². The number of alkyl halides is 3. The van der Waals surface area contributed by atoms with Crippen molar-refractivity contribution < 1.29 is 18.3 Å². The molecule has 170 valence electrons. The molecule has 0 spiro atoms. The number of piperidine rings is 1. The first-order chi connectivity index (χ1) is 15.3. The third-order valence-electron chi connectivity index (χ3n) is 5.73. The number of halogens is 3. The van der Waals surface area contributed by atoms with E-state index in [1.54, 1.807) is 23.9 Å². The topological polar surface area (TPSA) is 72.1 Å². The molecule has 1 aliphatic rings. The van der Waals surface area contributed by atoms with Crippen LogP contribution in [0.3, 0.4) is 0 Å². The minimum Gasteiger partial charge on any atom is -0.493 e. The molecule has 10 heteroatoms. The maximum absolute atomic E-state index is 13.5. The Balaban J connectivity index is 1.78. The van der Waals surface area contributed by atoms with Crippen molar-refractivity contribution in [3.63, 3.8) is 0 Å². The molecule has 2 aromatic heterocycles. The highest BCUT2D eigenvalue weighted by Gasteiger charge is 2.32. The van der Waals surface area contributed by atoms with E-state index in [4.69, 9.17) is 0 Å². The van der Waals surface area contributed by atoms with Gasteiger partial charge in [-0.05, 0) is 86.0 Å². The third kappa shape index (κ3) is 4.56. The first kappa shape index (κ1) is 22.5. The van der Waals surface area contributed by atoms with Crippen LogP contribution >= 0.6 is 11.8 Å². The zero-order chi connectivity index (χ0) is 22.9. The largest absolute Gasteiger partial charge is 0.493 e. The van der Waals surface area contributed by atoms with Crippen molar-refractivity contribution in [1.29, 1.82) is 0 Å². The molecule has 1 aliphatic heterocycles. The van der Waals surface area contributed by atoms with Gasteiger partial charge in [0.25, 0.3) is 0 Å². The molecule has 2 unspecified atom stereocenters. The minimum atomic E-state index is -4.40. The molecule has 1 saturated heterocycles. The summed E-state index contributed by atoms with van der Waals surface area (Å²) >= 11 is -0.226. The fourth-order valence-corrected chi connectivity index (χ4v) is 4.85. The van der Waals surface area contributed by atoms with Crippen LogP contribution in [0.4, 0.5) is 13.2 Å². The maximum atomic E-state index is 13.5. The van der Waals surface area contributed by atoms with E-state index < -0.39 is 11.2 Å². The summed E-state index contributed by atoms with van der Waals surface area (Å²) in [5, 5.41) is 14.2. The number of hydrogen-bond acceptors (Lipinski definition) is 5. The van der Waals surface area contributed by atoms with E-state index in [-0.39, 0.29) is 34.5 Å². The van der Waals surface area contributed by atoms with E-state index >= 15 is 0 Å². The molecule has 0 amide bonds. The van der Waals surface area contributed by atoms with Crippen LogP contribution in [0.2, 0.25) is 0 Å². The van der Waals surface area contributed by atoms with Gasteiger partial charge in [-0.15, -0.1) is 0 Å². The summed E-state index contributed by atoms with van der Waals surface area (Å²) in [6, 6.07) is 8.80. The van der Waals surface area contributed by atoms with Crippen LogP contribution in [0.1, 0.15) is 30.1 Å². The van der Waals surface area contributed by atoms with Gasteiger partial charge in [-0.3, -0.25) is 9.55 Å². The standard InChI is InChI=1S/C22H23F3N4O2S/c1-14-20(30)29(17-4-6-18(7-5-17)32-22(23,24)25)21(31)28(14)19(15-8-11-26-12-9-15)16-3-2-10-27-13-16/h4-9,11-12,16,19,27,30H,2-3,10,13H2,1H3. The molecule has 3 aromatic rings. The second kappa shape index (κ2) is 9.03. The average molecular weight is 465 g/mol. The zero-order valence-corrected chi connectivity index (χ0v) is 18.2. The Bertz CT molecular complexity index is 1120. The van der Waals surface area contributed by atoms with Gasteiger partial charge in [0.05, 0.1) is 17.4 Å². The number of pyridine rings is 1. The van der Waals surface area contributed by atoms with E-state index in [0.717, 1.165) is 36.1 Å². The van der Waals surface area contributed by atoms with Crippen molar-refractivity contribution in [1.82, 2.24) is 19.4 Å². The molecule has 1 fully saturated rings. The van der Waals surface area contributed by atoms with Crippen LogP contribution in [0, 0.1) is 12.8 Å². The summed E-state index contributed by atoms with van der Waals surface area (Å²) in [6.07, 6.45) is 5.24. The predicted molar refractivity (Wildman–Crippen MR) is 116 cm³/mol. The molecule has 2 N–H and O–H groups in total. The Morgan fingerprint density at radius 1 is 1.19 bits per heavy atom. The van der Waals surface area contributed by atoms with Crippen molar-refractivity contribution in [2.45, 2.75) is 36.2 Å². The molecule has 4 rings (SSSR count). The number of nitrogens with zero attached hydrogens (tertiary/aromatic N) is 3. The fraction of sp³-hybridized carbons (Fsp3) is 0.364. The predicted octanol–water partition coefficient (Wildman–Crippen LogP) is 4.25. The number of aromatic nitrogens is 3. The van der Waals surface area contributed by atoms with E-state index in [1.165, 1.54) is 24.3 Å². The molecule has 0 bridgehead atoms. The van der Waals surface area contributed by atoms with Gasteiger partial charge < -0.3 is 10.4 Å². The molecule has 1 aromatic carbocycles. The number of imidazole rings is 1. The van der Waals surface area contributed by atoms with Gasteiger partial charge in [-0.25, -0.2) is 9.36 Å². The summed E-state index contributed by atoms with van der Waals surface area (Å²) < 4.78 is 40.6. The maximum Gasteiger partial charge on any atom is 0.446 e. The molecule has 2 atom stereocenters. The molecular weight excluding hydrogens is 441 g/mol. The van der Waals surface area contributed by atoms with Crippen LogP contribution in [0.25, 0.3) is 5.69 Å². The summed E-state index contributed by atoms with van der Waals surface area (Å²) in [5.41, 5.74) is -3.23. The molecule has 6 nitrogen and oxygen atoms in total. The Hall–Kier alpha value is -2.72. The number of benzene rings is 1. The Morgan fingerprint density at radius 2 is 1.88 bits per heavy atom. The van der Waals surface area contributed by atoms with Crippen molar-refractivity contribution in [3.8, 4) is 11.6 Å². The zero-order valence-electron chi connectivity index (χ0n) is 17.3. The lowest BCUT2D eigenvalue weighted by Gasteiger charge is -2.32. The molecule has 0 radical (unpaired) electrons. The highest BCUT2D eigenvalue weighted by molar-refractivity contribution is 8.00. The van der Waals surface area contributed by atoms with E-state index in [1.807, 2.05) is 12.1 Å². The molecular formula is C22H23F3N4O2S. The van der Waals surface area contributed by atoms with Crippen LogP contribution in [-0.4, -0.2) is 37.8 Å². The summed E-state index contributed by atoms with van der Waals surface area (Å²) in [4.78, 5) is 17.6. The Kier molecular flexibility index (Phi) is 6.34. The summed E-state index contributed by atoms with van der Waals surface area (Å²) in [7, 11) is 0. The Labute approximate surface area is 187 Å². The normalized spacial score (nSPS) is 17.9. The van der Waals surface area contributed by atoms with E-state index in [0.29, 0.717) is 11.4 Å². The highest BCUT2D eigenvalue weighted by Crippen LogP contribution is 2.37. The third-order valence-corrected chi connectivity index (χ3v) is 6.47. The second-order valence-electron chi connectivity index (χ2n) is 7.77. The number of thioether (sulfide) groups is 1. The number of nitrogens with one attached hydrogen (secondary N) is 1. The first-order valence-corrected chi connectivity index (χ1v) is 11.1. The first-order valence-electron chi connectivity index (χ1n) is 10.3. The van der Waals surface area contributed by atoms with Crippen molar-refractivity contribution in [2.24, 2.45) is 5.92 Å². The lowest BCUT2D eigenvalue weighted by Crippen LogP contribution is -2.39. The van der Waals surface area contributed by atoms with Crippen LogP contribution in [0.5, 0.6) is 5.88 Å². The molecule has 3 heterocycles. The summed E-state index contributed by atoms with van der Waals surface area (Å²) in [6.45, 7) is 3.32. The van der Waals surface area contributed by atoms with Gasteiger partial charge in [-0.1, -0.05) is 0 Å². The quantitative estimate of drug-likeness (QED) is 0.553. The van der Waals surface area contributed by atoms with E-state index in [2.05, 4.69) is 10.3 Å². The van der Waals surface area contributed by atoms with Crippen LogP contribution in [0.15, 0.2) is 58.5 Å². The lowest BCUT2D eigenvalue weighted by atomic mass is 9.87. The highest BCUT2D eigenvalue weighted by atomic mass is 32.2. The monoisotopic (exact) mass is 464 g/mol. The molecule has 0 saturated carbocycles. The van der Waals surface area contributed by atoms with Gasteiger partial charge >= 0.3 is 11.2 Å². The van der Waals surface area contributed by atoms with E-state index in [9.17, 15) is 23.1 Å². The van der Waals surface area contributed by atoms with Gasteiger partial charge in [-0.2, -0.15) is 13.2 Å². The Morgan fingerprint density at radius 3 is 2.47 bits per heavy atom. The van der Waals surface area contributed by atoms with Gasteiger partial charge in [0.1, 0.15) is 0 Å². The fourth-order valence-electron chi connectivity index (χ4n) is 4.31.